The summed E-state index contributed by atoms with van der Waals surface area (Å²) in [6.45, 7) is 4.52. The van der Waals surface area contributed by atoms with Gasteiger partial charge in [-0.25, -0.2) is 0 Å². The highest BCUT2D eigenvalue weighted by molar-refractivity contribution is 5.74. The summed E-state index contributed by atoms with van der Waals surface area (Å²) in [5.74, 6) is -0.415. The Morgan fingerprint density at radius 1 is 1.38 bits per heavy atom. The van der Waals surface area contributed by atoms with Gasteiger partial charge in [0.15, 0.2) is 0 Å². The van der Waals surface area contributed by atoms with Crippen molar-refractivity contribution in [3.05, 3.63) is 35.9 Å². The normalized spacial score (nSPS) is 19.5. The predicted octanol–water partition coefficient (Wildman–Crippen LogP) is 0.743. The summed E-state index contributed by atoms with van der Waals surface area (Å²) in [5.41, 5.74) is 6.38. The molecule has 0 bridgehead atoms. The first-order valence-corrected chi connectivity index (χ1v) is 7.60. The molecule has 116 valence electrons. The van der Waals surface area contributed by atoms with Gasteiger partial charge in [-0.2, -0.15) is 0 Å². The number of hydrogen-bond acceptors (Lipinski definition) is 4. The molecule has 1 aliphatic rings. The monoisotopic (exact) mass is 291 g/mol. The maximum Gasteiger partial charge on any atom is 0.243 e. The molecule has 1 aromatic carbocycles. The fourth-order valence-corrected chi connectivity index (χ4v) is 2.72. The maximum absolute atomic E-state index is 10.6. The van der Waals surface area contributed by atoms with Gasteiger partial charge in [0.2, 0.25) is 5.91 Å². The van der Waals surface area contributed by atoms with E-state index in [1.807, 2.05) is 0 Å². The number of ether oxygens (including phenoxy) is 1. The van der Waals surface area contributed by atoms with Gasteiger partial charge in [-0.3, -0.25) is 9.69 Å². The third-order valence-corrected chi connectivity index (χ3v) is 3.68. The number of nitrogens with one attached hydrogen (secondary N) is 1. The van der Waals surface area contributed by atoms with Crippen LogP contribution in [-0.2, 0) is 16.1 Å². The second-order valence-corrected chi connectivity index (χ2v) is 5.53. The van der Waals surface area contributed by atoms with Gasteiger partial charge in [-0.1, -0.05) is 30.3 Å². The zero-order chi connectivity index (χ0) is 14.9. The molecule has 0 saturated carbocycles. The van der Waals surface area contributed by atoms with Crippen LogP contribution in [0, 0.1) is 0 Å². The maximum atomic E-state index is 10.6. The number of carbonyl (C=O) groups excluding carboxylic acids is 1. The van der Waals surface area contributed by atoms with Crippen molar-refractivity contribution in [2.75, 3.05) is 32.8 Å². The number of likely N-dealkylation sites (tertiary alicyclic amines) is 1. The molecule has 1 unspecified atom stereocenters. The average Bonchev–Trinajstić information content (AvgIpc) is 2.48. The van der Waals surface area contributed by atoms with Crippen molar-refractivity contribution in [1.29, 1.82) is 0 Å². The Hall–Kier alpha value is -1.43. The minimum absolute atomic E-state index is 0.00643. The van der Waals surface area contributed by atoms with Crippen molar-refractivity contribution in [2.24, 2.45) is 5.73 Å². The van der Waals surface area contributed by atoms with Gasteiger partial charge < -0.3 is 15.8 Å². The van der Waals surface area contributed by atoms with E-state index >= 15 is 0 Å². The number of piperidine rings is 1. The van der Waals surface area contributed by atoms with Crippen LogP contribution in [0.5, 0.6) is 0 Å². The van der Waals surface area contributed by atoms with Crippen molar-refractivity contribution in [1.82, 2.24) is 10.2 Å². The Morgan fingerprint density at radius 2 is 2.19 bits per heavy atom. The summed E-state index contributed by atoms with van der Waals surface area (Å²) < 4.78 is 5.16. The van der Waals surface area contributed by atoms with Crippen LogP contribution in [0.15, 0.2) is 30.3 Å². The third-order valence-electron chi connectivity index (χ3n) is 3.68. The number of nitrogens with two attached hydrogens (primary N) is 1. The number of rotatable bonds is 8. The van der Waals surface area contributed by atoms with E-state index in [4.69, 9.17) is 10.5 Å². The number of nitrogens with zero attached hydrogens (tertiary/aromatic N) is 1. The van der Waals surface area contributed by atoms with Crippen LogP contribution in [0.1, 0.15) is 18.4 Å². The molecule has 1 atom stereocenters. The highest BCUT2D eigenvalue weighted by Gasteiger charge is 2.19. The zero-order valence-corrected chi connectivity index (χ0v) is 12.5. The summed E-state index contributed by atoms with van der Waals surface area (Å²) in [4.78, 5) is 13.0. The van der Waals surface area contributed by atoms with E-state index in [0.717, 1.165) is 26.2 Å². The lowest BCUT2D eigenvalue weighted by molar-refractivity contribution is -0.122. The first-order chi connectivity index (χ1) is 10.2. The van der Waals surface area contributed by atoms with Gasteiger partial charge in [0.1, 0.15) is 6.61 Å². The van der Waals surface area contributed by atoms with E-state index in [-0.39, 0.29) is 6.61 Å². The highest BCUT2D eigenvalue weighted by Crippen LogP contribution is 2.13. The number of primary amides is 1. The Morgan fingerprint density at radius 3 is 2.95 bits per heavy atom. The summed E-state index contributed by atoms with van der Waals surface area (Å²) in [6.07, 6.45) is 2.41. The predicted molar refractivity (Wildman–Crippen MR) is 82.8 cm³/mol. The second kappa shape index (κ2) is 8.77. The summed E-state index contributed by atoms with van der Waals surface area (Å²) in [6, 6.07) is 11.1. The minimum atomic E-state index is -0.415. The number of carbonyl (C=O) groups is 1. The summed E-state index contributed by atoms with van der Waals surface area (Å²) >= 11 is 0. The van der Waals surface area contributed by atoms with Gasteiger partial charge in [0.25, 0.3) is 0 Å². The number of hydrogen-bond donors (Lipinski definition) is 2. The Kier molecular flexibility index (Phi) is 6.66. The lowest BCUT2D eigenvalue weighted by Crippen LogP contribution is -2.46. The van der Waals surface area contributed by atoms with Crippen molar-refractivity contribution < 1.29 is 9.53 Å². The Balaban J connectivity index is 1.65. The Labute approximate surface area is 126 Å². The highest BCUT2D eigenvalue weighted by atomic mass is 16.5. The van der Waals surface area contributed by atoms with Gasteiger partial charge >= 0.3 is 0 Å². The third kappa shape index (κ3) is 6.25. The molecule has 0 aromatic heterocycles. The molecular weight excluding hydrogens is 266 g/mol. The second-order valence-electron chi connectivity index (χ2n) is 5.53. The van der Waals surface area contributed by atoms with Gasteiger partial charge in [0.05, 0.1) is 6.61 Å². The Bertz CT molecular complexity index is 425. The summed E-state index contributed by atoms with van der Waals surface area (Å²) in [7, 11) is 0. The van der Waals surface area contributed by atoms with E-state index in [0.29, 0.717) is 12.6 Å². The van der Waals surface area contributed by atoms with E-state index in [9.17, 15) is 4.79 Å². The van der Waals surface area contributed by atoms with Crippen LogP contribution in [-0.4, -0.2) is 49.7 Å². The van der Waals surface area contributed by atoms with Crippen molar-refractivity contribution in [3.63, 3.8) is 0 Å². The number of benzene rings is 1. The molecule has 21 heavy (non-hydrogen) atoms. The van der Waals surface area contributed by atoms with Gasteiger partial charge in [-0.15, -0.1) is 0 Å². The summed E-state index contributed by atoms with van der Waals surface area (Å²) in [5, 5.41) is 3.49. The van der Waals surface area contributed by atoms with Gasteiger partial charge in [-0.05, 0) is 24.9 Å². The SMILES string of the molecule is NC(=O)COCCNC1CCCN(Cc2ccccc2)C1. The molecule has 0 radical (unpaired) electrons. The van der Waals surface area contributed by atoms with Crippen LogP contribution >= 0.6 is 0 Å². The largest absolute Gasteiger partial charge is 0.370 e. The molecule has 1 aliphatic heterocycles. The topological polar surface area (TPSA) is 67.6 Å². The standard InChI is InChI=1S/C16H25N3O2/c17-16(20)13-21-10-8-18-15-7-4-9-19(12-15)11-14-5-2-1-3-6-14/h1-3,5-6,15,18H,4,7-13H2,(H2,17,20). The molecule has 1 amide bonds. The molecule has 1 aromatic rings. The lowest BCUT2D eigenvalue weighted by atomic mass is 10.0. The minimum Gasteiger partial charge on any atom is -0.370 e. The molecule has 3 N–H and O–H groups in total. The smallest absolute Gasteiger partial charge is 0.243 e. The molecule has 1 fully saturated rings. The van der Waals surface area contributed by atoms with Crippen LogP contribution in [0.4, 0.5) is 0 Å². The first kappa shape index (κ1) is 15.9. The van der Waals surface area contributed by atoms with Crippen LogP contribution in [0.25, 0.3) is 0 Å². The fourth-order valence-electron chi connectivity index (χ4n) is 2.72. The lowest BCUT2D eigenvalue weighted by Gasteiger charge is -2.33. The molecule has 5 nitrogen and oxygen atoms in total. The van der Waals surface area contributed by atoms with Crippen LogP contribution in [0.3, 0.4) is 0 Å². The molecule has 2 rings (SSSR count). The van der Waals surface area contributed by atoms with Crippen molar-refractivity contribution in [2.45, 2.75) is 25.4 Å². The van der Waals surface area contributed by atoms with E-state index < -0.39 is 5.91 Å². The zero-order valence-electron chi connectivity index (χ0n) is 12.5. The molecule has 0 spiro atoms. The van der Waals surface area contributed by atoms with Crippen LogP contribution in [0.2, 0.25) is 0 Å². The van der Waals surface area contributed by atoms with Crippen molar-refractivity contribution >= 4 is 5.91 Å². The number of amides is 1. The van der Waals surface area contributed by atoms with E-state index in [1.165, 1.54) is 18.4 Å². The molecular formula is C16H25N3O2. The molecule has 1 heterocycles. The fraction of sp³-hybridized carbons (Fsp3) is 0.562. The van der Waals surface area contributed by atoms with Gasteiger partial charge in [0, 0.05) is 25.7 Å². The average molecular weight is 291 g/mol. The first-order valence-electron chi connectivity index (χ1n) is 7.60. The molecule has 0 aliphatic carbocycles. The van der Waals surface area contributed by atoms with E-state index in [1.54, 1.807) is 0 Å². The molecule has 5 heteroatoms. The van der Waals surface area contributed by atoms with E-state index in [2.05, 4.69) is 40.5 Å². The quantitative estimate of drug-likeness (QED) is 0.693. The van der Waals surface area contributed by atoms with Crippen LogP contribution < -0.4 is 11.1 Å². The van der Waals surface area contributed by atoms with Crippen molar-refractivity contribution in [3.8, 4) is 0 Å². The molecule has 1 saturated heterocycles.